The van der Waals surface area contributed by atoms with Crippen LogP contribution in [-0.2, 0) is 4.74 Å². The fourth-order valence-electron chi connectivity index (χ4n) is 2.04. The smallest absolute Gasteiger partial charge is 0.409 e. The Kier molecular flexibility index (Phi) is 3.14. The third-order valence-corrected chi connectivity index (χ3v) is 3.07. The summed E-state index contributed by atoms with van der Waals surface area (Å²) < 4.78 is 4.68. The third-order valence-electron chi connectivity index (χ3n) is 3.07. The molecule has 0 aromatic heterocycles. The number of nitrogens with two attached hydrogens (primary N) is 1. The van der Waals surface area contributed by atoms with Gasteiger partial charge in [0, 0.05) is 13.6 Å². The van der Waals surface area contributed by atoms with Gasteiger partial charge in [0.25, 0.3) is 0 Å². The number of likely N-dealkylation sites (N-methyl/N-ethyl adjacent to an activating group) is 1. The van der Waals surface area contributed by atoms with Gasteiger partial charge in [0.1, 0.15) is 0 Å². The molecule has 1 saturated carbocycles. The molecule has 0 saturated heterocycles. The second kappa shape index (κ2) is 3.96. The Labute approximate surface area is 79.0 Å². The molecule has 0 unspecified atom stereocenters. The molecule has 0 radical (unpaired) electrons. The number of nitrogens with zero attached hydrogens (tertiary/aromatic N) is 1. The largest absolute Gasteiger partial charge is 0.453 e. The summed E-state index contributed by atoms with van der Waals surface area (Å²) >= 11 is 0. The van der Waals surface area contributed by atoms with Crippen molar-refractivity contribution in [2.75, 3.05) is 20.7 Å². The predicted octanol–water partition coefficient (Wildman–Crippen LogP) is 0.956. The van der Waals surface area contributed by atoms with Crippen molar-refractivity contribution >= 4 is 6.09 Å². The second-order valence-corrected chi connectivity index (χ2v) is 3.66. The molecule has 0 aromatic carbocycles. The maximum absolute atomic E-state index is 11.3. The van der Waals surface area contributed by atoms with Gasteiger partial charge < -0.3 is 15.4 Å². The Morgan fingerprint density at radius 1 is 1.54 bits per heavy atom. The lowest BCUT2D eigenvalue weighted by Crippen LogP contribution is -2.52. The van der Waals surface area contributed by atoms with Crippen molar-refractivity contribution in [1.29, 1.82) is 0 Å². The van der Waals surface area contributed by atoms with Crippen LogP contribution in [0.15, 0.2) is 0 Å². The van der Waals surface area contributed by atoms with Gasteiger partial charge in [-0.2, -0.15) is 0 Å². The van der Waals surface area contributed by atoms with Crippen LogP contribution < -0.4 is 5.73 Å². The first kappa shape index (κ1) is 10.3. The minimum absolute atomic E-state index is 0.146. The maximum Gasteiger partial charge on any atom is 0.409 e. The highest BCUT2D eigenvalue weighted by atomic mass is 16.5. The lowest BCUT2D eigenvalue weighted by Gasteiger charge is -2.36. The van der Waals surface area contributed by atoms with E-state index in [0.29, 0.717) is 6.54 Å². The van der Waals surface area contributed by atoms with Gasteiger partial charge in [0.2, 0.25) is 0 Å². The number of carbonyl (C=O) groups excluding carboxylic acids is 1. The van der Waals surface area contributed by atoms with E-state index in [2.05, 4.69) is 4.74 Å². The van der Waals surface area contributed by atoms with Crippen LogP contribution in [-0.4, -0.2) is 37.2 Å². The van der Waals surface area contributed by atoms with Gasteiger partial charge in [-0.15, -0.1) is 0 Å². The van der Waals surface area contributed by atoms with Crippen LogP contribution >= 0.6 is 0 Å². The third kappa shape index (κ3) is 1.77. The summed E-state index contributed by atoms with van der Waals surface area (Å²) in [4.78, 5) is 13.0. The van der Waals surface area contributed by atoms with Crippen molar-refractivity contribution in [2.45, 2.75) is 31.2 Å². The molecular weight excluding hydrogens is 168 g/mol. The molecule has 1 fully saturated rings. The zero-order valence-corrected chi connectivity index (χ0v) is 8.38. The normalized spacial score (nSPS) is 19.9. The van der Waals surface area contributed by atoms with E-state index in [1.165, 1.54) is 7.11 Å². The van der Waals surface area contributed by atoms with Crippen molar-refractivity contribution in [2.24, 2.45) is 5.73 Å². The monoisotopic (exact) mass is 186 g/mol. The van der Waals surface area contributed by atoms with Gasteiger partial charge in [-0.1, -0.05) is 12.8 Å². The quantitative estimate of drug-likeness (QED) is 0.698. The fourth-order valence-corrected chi connectivity index (χ4v) is 2.04. The Morgan fingerprint density at radius 3 is 2.46 bits per heavy atom. The van der Waals surface area contributed by atoms with E-state index >= 15 is 0 Å². The van der Waals surface area contributed by atoms with Gasteiger partial charge in [-0.05, 0) is 12.8 Å². The number of hydrogen-bond donors (Lipinski definition) is 1. The molecule has 0 heterocycles. The molecule has 13 heavy (non-hydrogen) atoms. The van der Waals surface area contributed by atoms with E-state index in [9.17, 15) is 4.79 Å². The average molecular weight is 186 g/mol. The Hall–Kier alpha value is -0.770. The lowest BCUT2D eigenvalue weighted by atomic mass is 9.96. The van der Waals surface area contributed by atoms with E-state index in [1.54, 1.807) is 11.9 Å². The van der Waals surface area contributed by atoms with Crippen LogP contribution in [0, 0.1) is 0 Å². The minimum atomic E-state index is -0.285. The molecule has 0 aliphatic heterocycles. The van der Waals surface area contributed by atoms with Crippen LogP contribution in [0.4, 0.5) is 4.79 Å². The van der Waals surface area contributed by atoms with Crippen LogP contribution in [0.1, 0.15) is 25.7 Å². The molecule has 1 aliphatic rings. The summed E-state index contributed by atoms with van der Waals surface area (Å²) in [5, 5.41) is 0. The minimum Gasteiger partial charge on any atom is -0.453 e. The van der Waals surface area contributed by atoms with Crippen LogP contribution in [0.25, 0.3) is 0 Å². The van der Waals surface area contributed by atoms with Crippen molar-refractivity contribution < 1.29 is 9.53 Å². The number of carbonyl (C=O) groups is 1. The molecule has 1 aliphatic carbocycles. The Bertz CT molecular complexity index is 188. The second-order valence-electron chi connectivity index (χ2n) is 3.66. The molecule has 76 valence electrons. The molecule has 1 amide bonds. The number of amides is 1. The van der Waals surface area contributed by atoms with Crippen molar-refractivity contribution in [3.8, 4) is 0 Å². The summed E-state index contributed by atoms with van der Waals surface area (Å²) in [6.45, 7) is 0.526. The van der Waals surface area contributed by atoms with Gasteiger partial charge in [-0.3, -0.25) is 0 Å². The van der Waals surface area contributed by atoms with E-state index in [-0.39, 0.29) is 11.6 Å². The van der Waals surface area contributed by atoms with Crippen molar-refractivity contribution in [3.05, 3.63) is 0 Å². The maximum atomic E-state index is 11.3. The van der Waals surface area contributed by atoms with E-state index < -0.39 is 0 Å². The first-order valence-corrected chi connectivity index (χ1v) is 4.68. The summed E-state index contributed by atoms with van der Waals surface area (Å²) in [6.07, 6.45) is 4.01. The highest BCUT2D eigenvalue weighted by molar-refractivity contribution is 5.68. The molecular formula is C9H18N2O2. The Morgan fingerprint density at radius 2 is 2.08 bits per heavy atom. The SMILES string of the molecule is COC(=O)N(C)C1(CN)CCCC1. The van der Waals surface area contributed by atoms with Crippen LogP contribution in [0.2, 0.25) is 0 Å². The number of hydrogen-bond acceptors (Lipinski definition) is 3. The molecule has 0 aromatic rings. The summed E-state index contributed by atoms with van der Waals surface area (Å²) in [5.41, 5.74) is 5.57. The lowest BCUT2D eigenvalue weighted by molar-refractivity contribution is 0.0835. The highest BCUT2D eigenvalue weighted by Gasteiger charge is 2.39. The summed E-state index contributed by atoms with van der Waals surface area (Å²) in [6, 6.07) is 0. The van der Waals surface area contributed by atoms with Gasteiger partial charge in [0.05, 0.1) is 12.6 Å². The standard InChI is InChI=1S/C9H18N2O2/c1-11(8(12)13-2)9(7-10)5-3-4-6-9/h3-7,10H2,1-2H3. The summed E-state index contributed by atoms with van der Waals surface area (Å²) in [5.74, 6) is 0. The first-order valence-electron chi connectivity index (χ1n) is 4.68. The highest BCUT2D eigenvalue weighted by Crippen LogP contribution is 2.33. The molecule has 0 atom stereocenters. The van der Waals surface area contributed by atoms with E-state index in [1.807, 2.05) is 0 Å². The first-order chi connectivity index (χ1) is 6.16. The number of rotatable bonds is 2. The molecule has 4 nitrogen and oxygen atoms in total. The van der Waals surface area contributed by atoms with Gasteiger partial charge >= 0.3 is 6.09 Å². The van der Waals surface area contributed by atoms with E-state index in [0.717, 1.165) is 25.7 Å². The van der Waals surface area contributed by atoms with Crippen LogP contribution in [0.3, 0.4) is 0 Å². The summed E-state index contributed by atoms with van der Waals surface area (Å²) in [7, 11) is 3.17. The van der Waals surface area contributed by atoms with Crippen molar-refractivity contribution in [1.82, 2.24) is 4.90 Å². The zero-order valence-electron chi connectivity index (χ0n) is 8.38. The van der Waals surface area contributed by atoms with Gasteiger partial charge in [0.15, 0.2) is 0 Å². The van der Waals surface area contributed by atoms with Crippen LogP contribution in [0.5, 0.6) is 0 Å². The molecule has 4 heteroatoms. The van der Waals surface area contributed by atoms with E-state index in [4.69, 9.17) is 5.73 Å². The Balaban J connectivity index is 2.70. The van der Waals surface area contributed by atoms with Gasteiger partial charge in [-0.25, -0.2) is 4.79 Å². The molecule has 1 rings (SSSR count). The number of methoxy groups -OCH3 is 1. The molecule has 2 N–H and O–H groups in total. The zero-order chi connectivity index (χ0) is 9.90. The average Bonchev–Trinajstić information content (AvgIpc) is 2.65. The molecule has 0 bridgehead atoms. The number of ether oxygens (including phenoxy) is 1. The topological polar surface area (TPSA) is 55.6 Å². The molecule has 0 spiro atoms. The van der Waals surface area contributed by atoms with Crippen molar-refractivity contribution in [3.63, 3.8) is 0 Å². The fraction of sp³-hybridized carbons (Fsp3) is 0.889. The predicted molar refractivity (Wildman–Crippen MR) is 50.4 cm³/mol.